The number of hydrogen-bond acceptors (Lipinski definition) is 3. The topological polar surface area (TPSA) is 77.8 Å². The van der Waals surface area contributed by atoms with Crippen LogP contribution in [0.4, 0.5) is 0 Å². The number of rotatable bonds is 14. The van der Waals surface area contributed by atoms with Crippen molar-refractivity contribution in [3.05, 3.63) is 72.6 Å². The van der Waals surface area contributed by atoms with Gasteiger partial charge >= 0.3 is 5.97 Å². The molecule has 0 spiro atoms. The lowest BCUT2D eigenvalue weighted by Gasteiger charge is -2.07. The van der Waals surface area contributed by atoms with Gasteiger partial charge in [0, 0.05) is 6.08 Å². The normalized spacial score (nSPS) is 14.6. The molecule has 0 saturated carbocycles. The molecule has 4 nitrogen and oxygen atoms in total. The number of aliphatic hydroxyl groups is 2. The van der Waals surface area contributed by atoms with Crippen molar-refractivity contribution < 1.29 is 20.1 Å². The number of allylic oxidation sites excluding steroid dienone is 10. The molecule has 0 bridgehead atoms. The van der Waals surface area contributed by atoms with Crippen LogP contribution in [0.5, 0.6) is 0 Å². The van der Waals surface area contributed by atoms with Crippen molar-refractivity contribution in [1.82, 2.24) is 0 Å². The summed E-state index contributed by atoms with van der Waals surface area (Å²) in [5.74, 6) is -0.817. The highest BCUT2D eigenvalue weighted by Gasteiger charge is 2.01. The summed E-state index contributed by atoms with van der Waals surface area (Å²) in [6.07, 6.45) is 24.7. The summed E-state index contributed by atoms with van der Waals surface area (Å²) >= 11 is 0. The highest BCUT2D eigenvalue weighted by atomic mass is 16.4. The van der Waals surface area contributed by atoms with E-state index in [1.165, 1.54) is 18.9 Å². The first-order valence-corrected chi connectivity index (χ1v) is 9.19. The summed E-state index contributed by atoms with van der Waals surface area (Å²) in [7, 11) is 0. The molecule has 4 heteroatoms. The van der Waals surface area contributed by atoms with Gasteiger partial charge in [0.1, 0.15) is 5.76 Å². The van der Waals surface area contributed by atoms with Gasteiger partial charge in [0.05, 0.1) is 6.10 Å². The van der Waals surface area contributed by atoms with E-state index in [9.17, 15) is 15.0 Å². The minimum Gasteiger partial charge on any atom is -0.508 e. The minimum absolute atomic E-state index is 0.153. The fourth-order valence-corrected chi connectivity index (χ4v) is 2.07. The van der Waals surface area contributed by atoms with E-state index >= 15 is 0 Å². The number of carboxylic acid groups (broad SMARTS) is 1. The number of unbranched alkanes of at least 4 members (excludes halogenated alkanes) is 2. The average Bonchev–Trinajstić information content (AvgIpc) is 2.60. The van der Waals surface area contributed by atoms with Crippen LogP contribution in [0.2, 0.25) is 0 Å². The summed E-state index contributed by atoms with van der Waals surface area (Å²) in [4.78, 5) is 10.2. The molecule has 0 aromatic rings. The zero-order valence-corrected chi connectivity index (χ0v) is 15.6. The molecule has 0 amide bonds. The molecule has 0 aliphatic carbocycles. The fraction of sp³-hybridized carbons (Fsp3) is 0.409. The summed E-state index contributed by atoms with van der Waals surface area (Å²) in [5.41, 5.74) is 0. The maximum Gasteiger partial charge on any atom is 0.328 e. The highest BCUT2D eigenvalue weighted by molar-refractivity contribution is 5.80. The van der Waals surface area contributed by atoms with Gasteiger partial charge < -0.3 is 15.3 Å². The first-order chi connectivity index (χ1) is 12.6. The SMILES string of the molecule is CCCCC[C@H](O)CC/C=C/C=C/C(O)=C/C=C\C/C=C\C=CC(=O)O. The minimum atomic E-state index is -0.970. The molecule has 1 atom stereocenters. The number of hydrogen-bond donors (Lipinski definition) is 3. The monoisotopic (exact) mass is 360 g/mol. The van der Waals surface area contributed by atoms with E-state index < -0.39 is 5.97 Å². The van der Waals surface area contributed by atoms with Crippen molar-refractivity contribution in [2.24, 2.45) is 0 Å². The molecule has 3 N–H and O–H groups in total. The lowest BCUT2D eigenvalue weighted by atomic mass is 10.1. The molecule has 0 rings (SSSR count). The van der Waals surface area contributed by atoms with E-state index in [1.54, 1.807) is 30.4 Å². The number of aliphatic hydroxyl groups excluding tert-OH is 2. The van der Waals surface area contributed by atoms with Crippen LogP contribution < -0.4 is 0 Å². The third-order valence-electron chi connectivity index (χ3n) is 3.48. The third-order valence-corrected chi connectivity index (χ3v) is 3.48. The lowest BCUT2D eigenvalue weighted by Crippen LogP contribution is -2.05. The van der Waals surface area contributed by atoms with Crippen molar-refractivity contribution >= 4 is 5.97 Å². The van der Waals surface area contributed by atoms with Gasteiger partial charge in [-0.15, -0.1) is 0 Å². The maximum absolute atomic E-state index is 10.2. The molecule has 0 heterocycles. The smallest absolute Gasteiger partial charge is 0.328 e. The average molecular weight is 360 g/mol. The summed E-state index contributed by atoms with van der Waals surface area (Å²) in [5, 5.41) is 27.9. The fourth-order valence-electron chi connectivity index (χ4n) is 2.07. The highest BCUT2D eigenvalue weighted by Crippen LogP contribution is 2.08. The molecule has 0 aliphatic heterocycles. The van der Waals surface area contributed by atoms with Gasteiger partial charge in [0.15, 0.2) is 0 Å². The zero-order valence-electron chi connectivity index (χ0n) is 15.6. The molecule has 0 aliphatic rings. The Bertz CT molecular complexity index is 536. The molecular weight excluding hydrogens is 328 g/mol. The third kappa shape index (κ3) is 18.0. The van der Waals surface area contributed by atoms with Crippen molar-refractivity contribution in [2.75, 3.05) is 0 Å². The van der Waals surface area contributed by atoms with Crippen LogP contribution in [0.25, 0.3) is 0 Å². The van der Waals surface area contributed by atoms with Crippen LogP contribution >= 0.6 is 0 Å². The summed E-state index contributed by atoms with van der Waals surface area (Å²) < 4.78 is 0. The Balaban J connectivity index is 3.92. The second-order valence-electron chi connectivity index (χ2n) is 5.90. The molecule has 0 saturated heterocycles. The molecule has 0 aromatic heterocycles. The molecule has 0 unspecified atom stereocenters. The Morgan fingerprint density at radius 1 is 0.885 bits per heavy atom. The molecular formula is C22H32O4. The Hall–Kier alpha value is -2.33. The number of aliphatic carboxylic acids is 1. The maximum atomic E-state index is 10.2. The van der Waals surface area contributed by atoms with E-state index in [2.05, 4.69) is 6.92 Å². The lowest BCUT2D eigenvalue weighted by molar-refractivity contribution is -0.131. The Morgan fingerprint density at radius 2 is 1.58 bits per heavy atom. The largest absolute Gasteiger partial charge is 0.508 e. The van der Waals surface area contributed by atoms with Gasteiger partial charge in [-0.1, -0.05) is 74.8 Å². The molecule has 0 aromatic carbocycles. The number of carboxylic acids is 1. The van der Waals surface area contributed by atoms with Crippen molar-refractivity contribution in [3.8, 4) is 0 Å². The van der Waals surface area contributed by atoms with Gasteiger partial charge in [-0.05, 0) is 37.8 Å². The van der Waals surface area contributed by atoms with E-state index in [1.807, 2.05) is 24.3 Å². The van der Waals surface area contributed by atoms with E-state index in [0.717, 1.165) is 31.8 Å². The van der Waals surface area contributed by atoms with Gasteiger partial charge in [-0.2, -0.15) is 0 Å². The summed E-state index contributed by atoms with van der Waals surface area (Å²) in [6.45, 7) is 2.15. The van der Waals surface area contributed by atoms with Crippen molar-refractivity contribution in [2.45, 2.75) is 58.0 Å². The Morgan fingerprint density at radius 3 is 2.31 bits per heavy atom. The predicted molar refractivity (Wildman–Crippen MR) is 108 cm³/mol. The summed E-state index contributed by atoms with van der Waals surface area (Å²) in [6, 6.07) is 0. The van der Waals surface area contributed by atoms with Crippen LogP contribution in [0.3, 0.4) is 0 Å². The van der Waals surface area contributed by atoms with Crippen LogP contribution in [-0.2, 0) is 4.79 Å². The van der Waals surface area contributed by atoms with E-state index in [0.29, 0.717) is 6.42 Å². The second kappa shape index (κ2) is 17.5. The Kier molecular flexibility index (Phi) is 15.9. The van der Waals surface area contributed by atoms with Crippen LogP contribution in [-0.4, -0.2) is 27.4 Å². The van der Waals surface area contributed by atoms with Crippen LogP contribution in [0.1, 0.15) is 51.9 Å². The van der Waals surface area contributed by atoms with E-state index in [4.69, 9.17) is 5.11 Å². The second-order valence-corrected chi connectivity index (χ2v) is 5.90. The van der Waals surface area contributed by atoms with Crippen molar-refractivity contribution in [1.29, 1.82) is 0 Å². The quantitative estimate of drug-likeness (QED) is 0.168. The molecule has 26 heavy (non-hydrogen) atoms. The van der Waals surface area contributed by atoms with Crippen molar-refractivity contribution in [3.63, 3.8) is 0 Å². The Labute approximate surface area is 157 Å². The van der Waals surface area contributed by atoms with Gasteiger partial charge in [0.25, 0.3) is 0 Å². The predicted octanol–water partition coefficient (Wildman–Crippen LogP) is 5.41. The van der Waals surface area contributed by atoms with Crippen LogP contribution in [0, 0.1) is 0 Å². The first kappa shape index (κ1) is 23.7. The van der Waals surface area contributed by atoms with Crippen LogP contribution in [0.15, 0.2) is 72.6 Å². The first-order valence-electron chi connectivity index (χ1n) is 9.19. The van der Waals surface area contributed by atoms with Gasteiger partial charge in [-0.25, -0.2) is 4.79 Å². The molecule has 0 radical (unpaired) electrons. The van der Waals surface area contributed by atoms with Gasteiger partial charge in [0.2, 0.25) is 0 Å². The molecule has 144 valence electrons. The van der Waals surface area contributed by atoms with E-state index in [-0.39, 0.29) is 11.9 Å². The standard InChI is InChI=1S/C22H32O4/c1-2-3-10-15-20(23)17-12-8-9-13-18-21(24)16-11-6-4-5-7-14-19-22(25)26/h5-9,11,13-14,16,18-20,23-24H,2-4,10,12,15,17H2,1H3,(H,25,26)/b7-5-,9-8+,11-6-,18-13+,19-14?,21-16-/t20-/m0/s1. The number of carbonyl (C=O) groups is 1. The zero-order chi connectivity index (χ0) is 19.5. The molecule has 0 fully saturated rings. The van der Waals surface area contributed by atoms with Gasteiger partial charge in [-0.3, -0.25) is 0 Å².